The molecule has 0 radical (unpaired) electrons. The molecule has 2 aliphatic heterocycles. The summed E-state index contributed by atoms with van der Waals surface area (Å²) in [5.41, 5.74) is 3.26. The maximum Gasteiger partial charge on any atom is 0.177 e. The Hall–Kier alpha value is -2.28. The summed E-state index contributed by atoms with van der Waals surface area (Å²) >= 11 is 0. The molecule has 26 heavy (non-hydrogen) atoms. The van der Waals surface area contributed by atoms with E-state index in [0.717, 1.165) is 56.2 Å². The molecule has 3 aromatic heterocycles. The van der Waals surface area contributed by atoms with E-state index in [1.165, 1.54) is 30.8 Å². The summed E-state index contributed by atoms with van der Waals surface area (Å²) in [6, 6.07) is 3.98. The van der Waals surface area contributed by atoms with Gasteiger partial charge in [0.05, 0.1) is 12.2 Å². The minimum Gasteiger partial charge on any atom is -0.331 e. The summed E-state index contributed by atoms with van der Waals surface area (Å²) in [5.74, 6) is 2.69. The first-order valence-corrected chi connectivity index (χ1v) is 9.72. The van der Waals surface area contributed by atoms with E-state index in [-0.39, 0.29) is 0 Å². The third-order valence-corrected chi connectivity index (χ3v) is 5.82. The number of rotatable bonds is 3. The zero-order valence-electron chi connectivity index (χ0n) is 15.3. The Morgan fingerprint density at radius 1 is 1.08 bits per heavy atom. The quantitative estimate of drug-likeness (QED) is 0.725. The maximum atomic E-state index is 4.70. The average molecular weight is 351 g/mol. The number of nitrogens with zero attached hydrogens (tertiary/aromatic N) is 7. The average Bonchev–Trinajstić information content (AvgIpc) is 3.27. The van der Waals surface area contributed by atoms with Gasteiger partial charge in [-0.2, -0.15) is 9.61 Å². The molecule has 0 unspecified atom stereocenters. The first-order chi connectivity index (χ1) is 12.8. The van der Waals surface area contributed by atoms with Crippen molar-refractivity contribution in [3.05, 3.63) is 41.4 Å². The van der Waals surface area contributed by atoms with Crippen molar-refractivity contribution in [3.63, 3.8) is 0 Å². The van der Waals surface area contributed by atoms with E-state index in [2.05, 4.69) is 31.0 Å². The largest absolute Gasteiger partial charge is 0.331 e. The van der Waals surface area contributed by atoms with Crippen molar-refractivity contribution in [1.29, 1.82) is 0 Å². The molecule has 5 heterocycles. The standard InChI is InChI=1S/C19H25N7/c1-14-5-6-17-21-22-19(26(17)23-14)15-7-10-24(11-8-15)13-18-20-12-16-4-2-3-9-25(16)18/h5-6,12,15H,2-4,7-11,13H2,1H3. The lowest BCUT2D eigenvalue weighted by Gasteiger charge is -2.31. The van der Waals surface area contributed by atoms with E-state index in [4.69, 9.17) is 4.98 Å². The minimum atomic E-state index is 0.435. The van der Waals surface area contributed by atoms with Crippen LogP contribution < -0.4 is 0 Å². The van der Waals surface area contributed by atoms with Crippen LogP contribution in [-0.4, -0.2) is 47.4 Å². The van der Waals surface area contributed by atoms with E-state index in [0.29, 0.717) is 5.92 Å². The molecular weight excluding hydrogens is 326 g/mol. The number of aromatic nitrogens is 6. The van der Waals surface area contributed by atoms with Gasteiger partial charge in [0, 0.05) is 24.4 Å². The highest BCUT2D eigenvalue weighted by Gasteiger charge is 2.26. The van der Waals surface area contributed by atoms with Gasteiger partial charge in [0.1, 0.15) is 5.82 Å². The van der Waals surface area contributed by atoms with Crippen molar-refractivity contribution in [2.24, 2.45) is 0 Å². The number of imidazole rings is 1. The summed E-state index contributed by atoms with van der Waals surface area (Å²) in [4.78, 5) is 7.23. The fourth-order valence-corrected chi connectivity index (χ4v) is 4.33. The molecule has 0 atom stereocenters. The Morgan fingerprint density at radius 3 is 2.85 bits per heavy atom. The molecule has 0 amide bonds. The summed E-state index contributed by atoms with van der Waals surface area (Å²) < 4.78 is 4.37. The van der Waals surface area contributed by atoms with Gasteiger partial charge in [-0.3, -0.25) is 4.90 Å². The maximum absolute atomic E-state index is 4.70. The molecule has 0 spiro atoms. The predicted molar refractivity (Wildman–Crippen MR) is 97.9 cm³/mol. The second-order valence-electron chi connectivity index (χ2n) is 7.63. The van der Waals surface area contributed by atoms with Gasteiger partial charge in [-0.25, -0.2) is 4.98 Å². The Balaban J connectivity index is 1.27. The lowest BCUT2D eigenvalue weighted by molar-refractivity contribution is 0.193. The van der Waals surface area contributed by atoms with Crippen LogP contribution in [0.5, 0.6) is 0 Å². The topological polar surface area (TPSA) is 64.1 Å². The van der Waals surface area contributed by atoms with Crippen LogP contribution in [0.25, 0.3) is 5.65 Å². The molecule has 1 fully saturated rings. The molecule has 1 saturated heterocycles. The van der Waals surface area contributed by atoms with Crippen LogP contribution in [0, 0.1) is 6.92 Å². The monoisotopic (exact) mass is 351 g/mol. The minimum absolute atomic E-state index is 0.435. The highest BCUT2D eigenvalue weighted by Crippen LogP contribution is 2.28. The lowest BCUT2D eigenvalue weighted by atomic mass is 9.96. The second kappa shape index (κ2) is 6.46. The highest BCUT2D eigenvalue weighted by atomic mass is 15.4. The highest BCUT2D eigenvalue weighted by molar-refractivity contribution is 5.36. The van der Waals surface area contributed by atoms with Gasteiger partial charge in [-0.1, -0.05) is 0 Å². The van der Waals surface area contributed by atoms with Gasteiger partial charge in [0.2, 0.25) is 0 Å². The van der Waals surface area contributed by atoms with Crippen LogP contribution in [0.3, 0.4) is 0 Å². The molecule has 0 bridgehead atoms. The van der Waals surface area contributed by atoms with Crippen molar-refractivity contribution >= 4 is 5.65 Å². The molecule has 7 nitrogen and oxygen atoms in total. The molecule has 2 aliphatic rings. The van der Waals surface area contributed by atoms with Crippen molar-refractivity contribution in [3.8, 4) is 0 Å². The van der Waals surface area contributed by atoms with Gasteiger partial charge in [-0.15, -0.1) is 10.2 Å². The Bertz CT molecular complexity index is 917. The molecule has 5 rings (SSSR count). The van der Waals surface area contributed by atoms with E-state index >= 15 is 0 Å². The second-order valence-corrected chi connectivity index (χ2v) is 7.63. The molecule has 0 aliphatic carbocycles. The van der Waals surface area contributed by atoms with Crippen LogP contribution in [0.1, 0.15) is 54.6 Å². The first-order valence-electron chi connectivity index (χ1n) is 9.72. The SMILES string of the molecule is Cc1ccc2nnc(C3CCN(Cc4ncc5n4CCCC5)CC3)n2n1. The lowest BCUT2D eigenvalue weighted by Crippen LogP contribution is -2.34. The zero-order valence-corrected chi connectivity index (χ0v) is 15.3. The van der Waals surface area contributed by atoms with Crippen molar-refractivity contribution < 1.29 is 0 Å². The van der Waals surface area contributed by atoms with Crippen LogP contribution in [0.15, 0.2) is 18.3 Å². The molecular formula is C19H25N7. The van der Waals surface area contributed by atoms with Crippen LogP contribution in [0.4, 0.5) is 0 Å². The predicted octanol–water partition coefficient (Wildman–Crippen LogP) is 2.35. The fourth-order valence-electron chi connectivity index (χ4n) is 4.33. The normalized spacial score (nSPS) is 19.1. The Labute approximate surface area is 153 Å². The Morgan fingerprint density at radius 2 is 1.96 bits per heavy atom. The number of piperidine rings is 1. The third-order valence-electron chi connectivity index (χ3n) is 5.82. The van der Waals surface area contributed by atoms with E-state index in [1.54, 1.807) is 0 Å². The molecule has 0 N–H and O–H groups in total. The molecule has 3 aromatic rings. The summed E-state index contributed by atoms with van der Waals surface area (Å²) in [6.45, 7) is 6.26. The zero-order chi connectivity index (χ0) is 17.5. The molecule has 136 valence electrons. The van der Waals surface area contributed by atoms with E-state index in [9.17, 15) is 0 Å². The first kappa shape index (κ1) is 15.9. The molecule has 0 aromatic carbocycles. The van der Waals surface area contributed by atoms with Gasteiger partial charge in [0.25, 0.3) is 0 Å². The Kier molecular flexibility index (Phi) is 3.96. The summed E-state index contributed by atoms with van der Waals surface area (Å²) in [7, 11) is 0. The molecule has 0 saturated carbocycles. The number of hydrogen-bond donors (Lipinski definition) is 0. The smallest absolute Gasteiger partial charge is 0.177 e. The van der Waals surface area contributed by atoms with Gasteiger partial charge < -0.3 is 4.57 Å². The summed E-state index contributed by atoms with van der Waals surface area (Å²) in [6.07, 6.45) is 8.05. The van der Waals surface area contributed by atoms with Crippen LogP contribution in [0.2, 0.25) is 0 Å². The van der Waals surface area contributed by atoms with Crippen molar-refractivity contribution in [2.45, 2.75) is 58.0 Å². The number of hydrogen-bond acceptors (Lipinski definition) is 5. The van der Waals surface area contributed by atoms with E-state index < -0.39 is 0 Å². The number of aryl methyl sites for hydroxylation is 2. The van der Waals surface area contributed by atoms with Crippen molar-refractivity contribution in [2.75, 3.05) is 13.1 Å². The molecule has 7 heteroatoms. The van der Waals surface area contributed by atoms with Gasteiger partial charge in [-0.05, 0) is 64.3 Å². The number of fused-ring (bicyclic) bond motifs is 2. The van der Waals surface area contributed by atoms with Gasteiger partial charge >= 0.3 is 0 Å². The third kappa shape index (κ3) is 2.80. The van der Waals surface area contributed by atoms with Crippen LogP contribution in [-0.2, 0) is 19.5 Å². The van der Waals surface area contributed by atoms with Crippen LogP contribution >= 0.6 is 0 Å². The fraction of sp³-hybridized carbons (Fsp3) is 0.579. The summed E-state index contributed by atoms with van der Waals surface area (Å²) in [5, 5.41) is 13.3. The van der Waals surface area contributed by atoms with Gasteiger partial charge in [0.15, 0.2) is 11.5 Å². The number of likely N-dealkylation sites (tertiary alicyclic amines) is 1. The van der Waals surface area contributed by atoms with Crippen molar-refractivity contribution in [1.82, 2.24) is 34.3 Å². The van der Waals surface area contributed by atoms with E-state index in [1.807, 2.05) is 23.6 Å².